The number of hydrogen-bond acceptors (Lipinski definition) is 4. The standard InChI is InChI=1S/C17H20N2O3/c1-4-15(17(21)22-5-2)19-16(20)11-10-14(18-19)13-9-7-6-8-12(13)3/h6-11,15H,4-5H2,1-3H3/t15-/m0/s1. The molecular formula is C17H20N2O3. The van der Waals surface area contributed by atoms with Gasteiger partial charge in [-0.1, -0.05) is 31.2 Å². The smallest absolute Gasteiger partial charge is 0.331 e. The zero-order valence-corrected chi connectivity index (χ0v) is 13.1. The van der Waals surface area contributed by atoms with E-state index >= 15 is 0 Å². The van der Waals surface area contributed by atoms with Crippen LogP contribution in [-0.4, -0.2) is 22.4 Å². The Balaban J connectivity index is 2.49. The highest BCUT2D eigenvalue weighted by Crippen LogP contribution is 2.20. The second-order valence-electron chi connectivity index (χ2n) is 4.99. The minimum Gasteiger partial charge on any atom is -0.464 e. The summed E-state index contributed by atoms with van der Waals surface area (Å²) in [4.78, 5) is 24.1. The molecule has 2 aromatic rings. The molecule has 1 heterocycles. The Labute approximate surface area is 129 Å². The lowest BCUT2D eigenvalue weighted by atomic mass is 10.1. The molecule has 0 aliphatic heterocycles. The Morgan fingerprint density at radius 3 is 2.59 bits per heavy atom. The SMILES string of the molecule is CCOC(=O)[C@H](CC)n1nc(-c2ccccc2C)ccc1=O. The number of nitrogens with zero attached hydrogens (tertiary/aromatic N) is 2. The second-order valence-corrected chi connectivity index (χ2v) is 4.99. The van der Waals surface area contributed by atoms with Crippen molar-refractivity contribution in [2.24, 2.45) is 0 Å². The lowest BCUT2D eigenvalue weighted by Gasteiger charge is -2.16. The van der Waals surface area contributed by atoms with Gasteiger partial charge in [-0.25, -0.2) is 9.48 Å². The van der Waals surface area contributed by atoms with Crippen LogP contribution in [0.1, 0.15) is 31.9 Å². The van der Waals surface area contributed by atoms with E-state index in [4.69, 9.17) is 4.74 Å². The monoisotopic (exact) mass is 300 g/mol. The van der Waals surface area contributed by atoms with Gasteiger partial charge in [0.05, 0.1) is 12.3 Å². The predicted octanol–water partition coefficient (Wildman–Crippen LogP) is 2.73. The van der Waals surface area contributed by atoms with Gasteiger partial charge >= 0.3 is 5.97 Å². The summed E-state index contributed by atoms with van der Waals surface area (Å²) in [7, 11) is 0. The fraction of sp³-hybridized carbons (Fsp3) is 0.353. The molecule has 0 radical (unpaired) electrons. The van der Waals surface area contributed by atoms with Gasteiger partial charge in [0, 0.05) is 11.6 Å². The van der Waals surface area contributed by atoms with Crippen LogP contribution in [0.25, 0.3) is 11.3 Å². The van der Waals surface area contributed by atoms with Gasteiger partial charge in [-0.15, -0.1) is 0 Å². The third-order valence-corrected chi connectivity index (χ3v) is 3.49. The fourth-order valence-corrected chi connectivity index (χ4v) is 2.33. The highest BCUT2D eigenvalue weighted by atomic mass is 16.5. The minimum atomic E-state index is -0.698. The van der Waals surface area contributed by atoms with Gasteiger partial charge in [0.2, 0.25) is 0 Å². The lowest BCUT2D eigenvalue weighted by Crippen LogP contribution is -2.32. The van der Waals surface area contributed by atoms with Gasteiger partial charge in [-0.2, -0.15) is 5.10 Å². The van der Waals surface area contributed by atoms with E-state index < -0.39 is 12.0 Å². The third-order valence-electron chi connectivity index (χ3n) is 3.49. The first kappa shape index (κ1) is 15.9. The molecule has 0 aliphatic rings. The molecular weight excluding hydrogens is 280 g/mol. The van der Waals surface area contributed by atoms with Crippen LogP contribution in [0.5, 0.6) is 0 Å². The molecule has 0 aliphatic carbocycles. The first-order chi connectivity index (χ1) is 10.6. The van der Waals surface area contributed by atoms with Gasteiger partial charge in [0.15, 0.2) is 6.04 Å². The first-order valence-corrected chi connectivity index (χ1v) is 7.41. The zero-order valence-electron chi connectivity index (χ0n) is 13.1. The van der Waals surface area contributed by atoms with Gasteiger partial charge in [-0.3, -0.25) is 4.79 Å². The van der Waals surface area contributed by atoms with Gasteiger partial charge in [0.1, 0.15) is 0 Å². The summed E-state index contributed by atoms with van der Waals surface area (Å²) in [5.74, 6) is -0.429. The van der Waals surface area contributed by atoms with Crippen LogP contribution in [0.15, 0.2) is 41.2 Å². The average molecular weight is 300 g/mol. The van der Waals surface area contributed by atoms with Crippen LogP contribution in [0, 0.1) is 6.92 Å². The summed E-state index contributed by atoms with van der Waals surface area (Å²) >= 11 is 0. The maximum Gasteiger partial charge on any atom is 0.331 e. The highest BCUT2D eigenvalue weighted by molar-refractivity contribution is 5.74. The lowest BCUT2D eigenvalue weighted by molar-refractivity contribution is -0.147. The zero-order chi connectivity index (χ0) is 16.1. The van der Waals surface area contributed by atoms with Crippen molar-refractivity contribution in [2.75, 3.05) is 6.61 Å². The van der Waals surface area contributed by atoms with Crippen LogP contribution in [0.2, 0.25) is 0 Å². The van der Waals surface area contributed by atoms with E-state index in [1.807, 2.05) is 38.1 Å². The third kappa shape index (κ3) is 3.24. The summed E-state index contributed by atoms with van der Waals surface area (Å²) < 4.78 is 6.26. The van der Waals surface area contributed by atoms with E-state index in [2.05, 4.69) is 5.10 Å². The van der Waals surface area contributed by atoms with Crippen LogP contribution in [-0.2, 0) is 9.53 Å². The summed E-state index contributed by atoms with van der Waals surface area (Å²) in [6.45, 7) is 5.83. The molecule has 22 heavy (non-hydrogen) atoms. The molecule has 2 rings (SSSR count). The molecule has 0 saturated carbocycles. The number of hydrogen-bond donors (Lipinski definition) is 0. The largest absolute Gasteiger partial charge is 0.464 e. The average Bonchev–Trinajstić information content (AvgIpc) is 2.51. The van der Waals surface area contributed by atoms with Crippen molar-refractivity contribution in [3.05, 3.63) is 52.3 Å². The van der Waals surface area contributed by atoms with E-state index in [-0.39, 0.29) is 12.2 Å². The minimum absolute atomic E-state index is 0.279. The van der Waals surface area contributed by atoms with E-state index in [1.54, 1.807) is 13.0 Å². The van der Waals surface area contributed by atoms with Crippen LogP contribution < -0.4 is 5.56 Å². The molecule has 0 N–H and O–H groups in total. The molecule has 0 amide bonds. The number of carbonyl (C=O) groups is 1. The van der Waals surface area contributed by atoms with Crippen molar-refractivity contribution in [1.82, 2.24) is 9.78 Å². The maximum absolute atomic E-state index is 12.1. The molecule has 0 unspecified atom stereocenters. The van der Waals surface area contributed by atoms with Crippen molar-refractivity contribution >= 4 is 5.97 Å². The van der Waals surface area contributed by atoms with Gasteiger partial charge in [0.25, 0.3) is 5.56 Å². The highest BCUT2D eigenvalue weighted by Gasteiger charge is 2.22. The van der Waals surface area contributed by atoms with E-state index in [0.29, 0.717) is 12.1 Å². The Hall–Kier alpha value is -2.43. The van der Waals surface area contributed by atoms with E-state index in [0.717, 1.165) is 11.1 Å². The Bertz CT molecular complexity index is 722. The van der Waals surface area contributed by atoms with Crippen molar-refractivity contribution < 1.29 is 9.53 Å². The number of ether oxygens (including phenoxy) is 1. The van der Waals surface area contributed by atoms with Crippen molar-refractivity contribution in [3.8, 4) is 11.3 Å². The maximum atomic E-state index is 12.1. The number of aromatic nitrogens is 2. The fourth-order valence-electron chi connectivity index (χ4n) is 2.33. The topological polar surface area (TPSA) is 61.2 Å². The first-order valence-electron chi connectivity index (χ1n) is 7.41. The molecule has 0 bridgehead atoms. The number of esters is 1. The van der Waals surface area contributed by atoms with Gasteiger partial charge in [-0.05, 0) is 31.9 Å². The molecule has 0 saturated heterocycles. The number of rotatable bonds is 5. The Kier molecular flexibility index (Phi) is 5.09. The molecule has 1 aromatic carbocycles. The number of benzene rings is 1. The summed E-state index contributed by atoms with van der Waals surface area (Å²) in [6, 6.07) is 10.2. The van der Waals surface area contributed by atoms with Crippen molar-refractivity contribution in [1.29, 1.82) is 0 Å². The Morgan fingerprint density at radius 2 is 1.95 bits per heavy atom. The predicted molar refractivity (Wildman–Crippen MR) is 84.6 cm³/mol. The van der Waals surface area contributed by atoms with Crippen LogP contribution in [0.4, 0.5) is 0 Å². The van der Waals surface area contributed by atoms with Crippen LogP contribution >= 0.6 is 0 Å². The van der Waals surface area contributed by atoms with Crippen LogP contribution in [0.3, 0.4) is 0 Å². The summed E-state index contributed by atoms with van der Waals surface area (Å²) in [6.07, 6.45) is 0.447. The van der Waals surface area contributed by atoms with Crippen molar-refractivity contribution in [3.63, 3.8) is 0 Å². The van der Waals surface area contributed by atoms with E-state index in [1.165, 1.54) is 10.7 Å². The Morgan fingerprint density at radius 1 is 1.23 bits per heavy atom. The number of aryl methyl sites for hydroxylation is 1. The molecule has 5 nitrogen and oxygen atoms in total. The summed E-state index contributed by atoms with van der Waals surface area (Å²) in [5, 5.41) is 4.38. The van der Waals surface area contributed by atoms with Crippen molar-refractivity contribution in [2.45, 2.75) is 33.2 Å². The molecule has 1 atom stereocenters. The molecule has 1 aromatic heterocycles. The summed E-state index contributed by atoms with van der Waals surface area (Å²) in [5.41, 5.74) is 2.36. The molecule has 5 heteroatoms. The molecule has 0 fully saturated rings. The second kappa shape index (κ2) is 7.02. The van der Waals surface area contributed by atoms with E-state index in [9.17, 15) is 9.59 Å². The van der Waals surface area contributed by atoms with Gasteiger partial charge < -0.3 is 4.74 Å². The normalized spacial score (nSPS) is 12.0. The number of carbonyl (C=O) groups excluding carboxylic acids is 1. The molecule has 116 valence electrons. The molecule has 0 spiro atoms. The quantitative estimate of drug-likeness (QED) is 0.797.